The van der Waals surface area contributed by atoms with E-state index in [-0.39, 0.29) is 4.77 Å². The van der Waals surface area contributed by atoms with Crippen molar-refractivity contribution in [2.75, 3.05) is 6.61 Å². The number of aromatic nitrogens is 2. The highest BCUT2D eigenvalue weighted by molar-refractivity contribution is 7.71. The van der Waals surface area contributed by atoms with E-state index in [1.54, 1.807) is 6.92 Å². The summed E-state index contributed by atoms with van der Waals surface area (Å²) in [7, 11) is -16.5. The highest BCUT2D eigenvalue weighted by Crippen LogP contribution is 2.66. The predicted octanol–water partition coefficient (Wildman–Crippen LogP) is 0.144. The van der Waals surface area contributed by atoms with Gasteiger partial charge in [0.1, 0.15) is 12.3 Å². The van der Waals surface area contributed by atoms with E-state index < -0.39 is 60.0 Å². The maximum absolute atomic E-state index is 11.8. The molecule has 0 amide bonds. The smallest absolute Gasteiger partial charge is 0.390 e. The van der Waals surface area contributed by atoms with Crippen molar-refractivity contribution in [1.29, 1.82) is 0 Å². The summed E-state index contributed by atoms with van der Waals surface area (Å²) in [6.45, 7) is 0.745. The van der Waals surface area contributed by atoms with Gasteiger partial charge in [-0.25, -0.2) is 13.7 Å². The van der Waals surface area contributed by atoms with Crippen LogP contribution in [0.25, 0.3) is 0 Å². The Morgan fingerprint density at radius 3 is 2.38 bits per heavy atom. The van der Waals surface area contributed by atoms with Crippen LogP contribution in [0, 0.1) is 10.7 Å². The lowest BCUT2D eigenvalue weighted by Crippen LogP contribution is -2.29. The number of aromatic amines is 1. The molecule has 0 spiro atoms. The first-order valence-electron chi connectivity index (χ1n) is 7.53. The van der Waals surface area contributed by atoms with Crippen LogP contribution >= 0.6 is 35.7 Å². The number of nitrogens with zero attached hydrogens (tertiary/aromatic N) is 1. The topological polar surface area (TPSA) is 227 Å². The van der Waals surface area contributed by atoms with Gasteiger partial charge in [0.15, 0.2) is 4.77 Å². The lowest BCUT2D eigenvalue weighted by molar-refractivity contribution is -0.0461. The molecule has 166 valence electrons. The highest BCUT2D eigenvalue weighted by Gasteiger charge is 2.45. The van der Waals surface area contributed by atoms with Crippen LogP contribution in [0.4, 0.5) is 0 Å². The van der Waals surface area contributed by atoms with Crippen molar-refractivity contribution < 1.29 is 56.3 Å². The predicted molar refractivity (Wildman–Crippen MR) is 94.8 cm³/mol. The van der Waals surface area contributed by atoms with Crippen molar-refractivity contribution in [3.63, 3.8) is 0 Å². The number of rotatable bonds is 8. The van der Waals surface area contributed by atoms with E-state index in [9.17, 15) is 28.5 Å². The molecule has 2 rings (SSSR count). The van der Waals surface area contributed by atoms with E-state index in [0.717, 1.165) is 6.07 Å². The molecule has 0 radical (unpaired) electrons. The van der Waals surface area contributed by atoms with Gasteiger partial charge in [-0.3, -0.25) is 18.9 Å². The second kappa shape index (κ2) is 8.89. The lowest BCUT2D eigenvalue weighted by atomic mass is 10.0. The van der Waals surface area contributed by atoms with Gasteiger partial charge in [0.2, 0.25) is 0 Å². The van der Waals surface area contributed by atoms with Crippen molar-refractivity contribution in [3.8, 4) is 0 Å². The Morgan fingerprint density at radius 2 is 1.83 bits per heavy atom. The van der Waals surface area contributed by atoms with Crippen molar-refractivity contribution in [3.05, 3.63) is 27.4 Å². The standard InChI is InChI=1S/C10H17N2O13P3S/c1-5-8(14)6(23-9(5)12-3-2-7(13)11-10(12)29)4-22-27(18,19)25-28(20,21)24-26(15,16)17/h2-3,5-6,8-9,14H,4H2,1H3,(H,18,19)(H,20,21)(H,11,13,29)(H2,15,16,17). The zero-order valence-corrected chi connectivity index (χ0v) is 17.9. The summed E-state index contributed by atoms with van der Waals surface area (Å²) in [5, 5.41) is 10.2. The fourth-order valence-corrected chi connectivity index (χ4v) is 5.74. The van der Waals surface area contributed by atoms with Gasteiger partial charge in [0.05, 0.1) is 12.7 Å². The van der Waals surface area contributed by atoms with Crippen LogP contribution < -0.4 is 5.56 Å². The number of hydrogen-bond donors (Lipinski definition) is 6. The average molecular weight is 498 g/mol. The zero-order chi connectivity index (χ0) is 22.2. The third-order valence-electron chi connectivity index (χ3n) is 3.63. The molecule has 2 heterocycles. The molecule has 0 saturated carbocycles. The Labute approximate surface area is 167 Å². The van der Waals surface area contributed by atoms with E-state index in [2.05, 4.69) is 18.1 Å². The monoisotopic (exact) mass is 498 g/mol. The first kappa shape index (κ1) is 24.7. The number of nitrogens with one attached hydrogen (secondary N) is 1. The average Bonchev–Trinajstić information content (AvgIpc) is 2.78. The number of phosphoric ester groups is 1. The lowest BCUT2D eigenvalue weighted by Gasteiger charge is -2.19. The quantitative estimate of drug-likeness (QED) is 0.207. The number of ether oxygens (including phenoxy) is 1. The van der Waals surface area contributed by atoms with Gasteiger partial charge in [0, 0.05) is 18.2 Å². The SMILES string of the molecule is CC1C(O)C(COP(=O)(O)OP(=O)(O)OP(=O)(O)O)OC1n1ccc(=O)[nH]c1=S. The Morgan fingerprint density at radius 1 is 1.21 bits per heavy atom. The normalized spacial score (nSPS) is 29.3. The van der Waals surface area contributed by atoms with Crippen LogP contribution in [0.1, 0.15) is 13.2 Å². The van der Waals surface area contributed by atoms with E-state index in [0.29, 0.717) is 0 Å². The van der Waals surface area contributed by atoms with Crippen LogP contribution in [-0.2, 0) is 31.6 Å². The molecule has 0 aliphatic carbocycles. The Kier molecular flexibility index (Phi) is 7.57. The second-order valence-corrected chi connectivity index (χ2v) is 10.6. The second-order valence-electron chi connectivity index (χ2n) is 5.82. The molecule has 19 heteroatoms. The Balaban J connectivity index is 2.06. The van der Waals surface area contributed by atoms with E-state index in [4.69, 9.17) is 31.6 Å². The first-order chi connectivity index (χ1) is 13.1. The molecule has 0 aromatic carbocycles. The van der Waals surface area contributed by atoms with Crippen molar-refractivity contribution >= 4 is 35.7 Å². The minimum absolute atomic E-state index is 0.00455. The summed E-state index contributed by atoms with van der Waals surface area (Å²) in [6, 6.07) is 1.16. The van der Waals surface area contributed by atoms with Gasteiger partial charge in [-0.05, 0) is 12.2 Å². The number of aliphatic hydroxyl groups excluding tert-OH is 1. The van der Waals surface area contributed by atoms with Crippen molar-refractivity contribution in [2.45, 2.75) is 25.4 Å². The van der Waals surface area contributed by atoms with E-state index in [1.807, 2.05) is 0 Å². The van der Waals surface area contributed by atoms with Gasteiger partial charge in [0.25, 0.3) is 5.56 Å². The molecule has 29 heavy (non-hydrogen) atoms. The molecule has 15 nitrogen and oxygen atoms in total. The molecule has 1 saturated heterocycles. The number of phosphoric acid groups is 3. The van der Waals surface area contributed by atoms with Gasteiger partial charge in [-0.1, -0.05) is 6.92 Å². The third-order valence-corrected chi connectivity index (χ3v) is 7.74. The summed E-state index contributed by atoms with van der Waals surface area (Å²) < 4.78 is 52.1. The van der Waals surface area contributed by atoms with Crippen molar-refractivity contribution in [1.82, 2.24) is 9.55 Å². The molecular formula is C10H17N2O13P3S. The Hall–Kier alpha value is -0.570. The van der Waals surface area contributed by atoms with Crippen LogP contribution in [-0.4, -0.2) is 53.0 Å². The summed E-state index contributed by atoms with van der Waals surface area (Å²) >= 11 is 5.01. The van der Waals surface area contributed by atoms with Gasteiger partial charge < -0.3 is 29.4 Å². The van der Waals surface area contributed by atoms with Crippen molar-refractivity contribution in [2.24, 2.45) is 5.92 Å². The molecule has 6 atom stereocenters. The van der Waals surface area contributed by atoms with Crippen LogP contribution in [0.5, 0.6) is 0 Å². The molecule has 6 N–H and O–H groups in total. The van der Waals surface area contributed by atoms with E-state index >= 15 is 0 Å². The number of aliphatic hydroxyl groups is 1. The van der Waals surface area contributed by atoms with Crippen LogP contribution in [0.15, 0.2) is 17.1 Å². The maximum atomic E-state index is 11.8. The van der Waals surface area contributed by atoms with Crippen LogP contribution in [0.3, 0.4) is 0 Å². The molecule has 6 unspecified atom stereocenters. The zero-order valence-electron chi connectivity index (χ0n) is 14.4. The summed E-state index contributed by atoms with van der Waals surface area (Å²) in [5.41, 5.74) is -0.457. The first-order valence-corrected chi connectivity index (χ1v) is 12.5. The van der Waals surface area contributed by atoms with E-state index in [1.165, 1.54) is 10.8 Å². The third kappa shape index (κ3) is 6.97. The van der Waals surface area contributed by atoms with Crippen LogP contribution in [0.2, 0.25) is 0 Å². The minimum atomic E-state index is -5.65. The van der Waals surface area contributed by atoms with Gasteiger partial charge >= 0.3 is 23.5 Å². The Bertz CT molecular complexity index is 1000. The maximum Gasteiger partial charge on any atom is 0.490 e. The molecule has 1 aromatic heterocycles. The number of H-pyrrole nitrogens is 1. The minimum Gasteiger partial charge on any atom is -0.390 e. The molecule has 1 aliphatic rings. The summed E-state index contributed by atoms with van der Waals surface area (Å²) in [4.78, 5) is 49.1. The number of hydrogen-bond acceptors (Lipinski definition) is 10. The fraction of sp³-hybridized carbons (Fsp3) is 0.600. The highest BCUT2D eigenvalue weighted by atomic mass is 32.1. The molecule has 1 aromatic rings. The summed E-state index contributed by atoms with van der Waals surface area (Å²) in [6.07, 6.45) is -2.04. The largest absolute Gasteiger partial charge is 0.490 e. The molecule has 1 aliphatic heterocycles. The fourth-order valence-electron chi connectivity index (χ4n) is 2.45. The molecule has 0 bridgehead atoms. The van der Waals surface area contributed by atoms with Gasteiger partial charge in [-0.2, -0.15) is 8.62 Å². The molecular weight excluding hydrogens is 481 g/mol. The summed E-state index contributed by atoms with van der Waals surface area (Å²) in [5.74, 6) is -0.623. The molecule has 1 fully saturated rings. The van der Waals surface area contributed by atoms with Gasteiger partial charge in [-0.15, -0.1) is 0 Å².